The molecule has 0 aromatic heterocycles. The maximum Gasteiger partial charge on any atom is 0.251 e. The molecule has 2 aliphatic heterocycles. The highest BCUT2D eigenvalue weighted by atomic mass is 35.5. The van der Waals surface area contributed by atoms with Gasteiger partial charge in [0.2, 0.25) is 0 Å². The third-order valence-corrected chi connectivity index (χ3v) is 4.90. The zero-order valence-electron chi connectivity index (χ0n) is 14.0. The average Bonchev–Trinajstić information content (AvgIpc) is 2.95. The molecule has 2 saturated heterocycles. The van der Waals surface area contributed by atoms with Crippen molar-refractivity contribution in [1.29, 1.82) is 0 Å². The average molecular weight is 359 g/mol. The predicted molar refractivity (Wildman–Crippen MR) is 101 cm³/mol. The van der Waals surface area contributed by atoms with Crippen LogP contribution in [0.1, 0.15) is 36.0 Å². The van der Waals surface area contributed by atoms with Crippen LogP contribution in [0.4, 0.5) is 0 Å². The highest BCUT2D eigenvalue weighted by Crippen LogP contribution is 2.27. The summed E-state index contributed by atoms with van der Waals surface area (Å²) in [6.45, 7) is 0. The summed E-state index contributed by atoms with van der Waals surface area (Å²) in [7, 11) is 0. The Morgan fingerprint density at radius 1 is 0.920 bits per heavy atom. The summed E-state index contributed by atoms with van der Waals surface area (Å²) in [6.07, 6.45) is 4.56. The van der Waals surface area contributed by atoms with E-state index in [1.54, 1.807) is 0 Å². The molecule has 4 rings (SSSR count). The van der Waals surface area contributed by atoms with Crippen molar-refractivity contribution in [3.8, 4) is 11.5 Å². The van der Waals surface area contributed by atoms with Gasteiger partial charge in [-0.3, -0.25) is 4.79 Å². The summed E-state index contributed by atoms with van der Waals surface area (Å²) >= 11 is 0. The van der Waals surface area contributed by atoms with Crippen molar-refractivity contribution >= 4 is 18.3 Å². The van der Waals surface area contributed by atoms with Gasteiger partial charge in [-0.25, -0.2) is 0 Å². The molecule has 2 atom stereocenters. The first-order chi connectivity index (χ1) is 11.8. The highest BCUT2D eigenvalue weighted by Gasteiger charge is 2.34. The van der Waals surface area contributed by atoms with Gasteiger partial charge < -0.3 is 15.4 Å². The number of hydrogen-bond acceptors (Lipinski definition) is 3. The molecule has 0 saturated carbocycles. The van der Waals surface area contributed by atoms with Crippen molar-refractivity contribution in [2.24, 2.45) is 0 Å². The molecule has 5 heteroatoms. The number of carbonyl (C=O) groups excluding carboxylic acids is 1. The largest absolute Gasteiger partial charge is 0.457 e. The van der Waals surface area contributed by atoms with Crippen LogP contribution in [-0.2, 0) is 0 Å². The van der Waals surface area contributed by atoms with Gasteiger partial charge >= 0.3 is 0 Å². The molecule has 0 radical (unpaired) electrons. The molecule has 2 aliphatic rings. The zero-order chi connectivity index (χ0) is 16.4. The van der Waals surface area contributed by atoms with Crippen LogP contribution >= 0.6 is 12.4 Å². The molecule has 0 spiro atoms. The number of benzene rings is 2. The molecule has 2 N–H and O–H groups in total. The monoisotopic (exact) mass is 358 g/mol. The van der Waals surface area contributed by atoms with Gasteiger partial charge in [0.1, 0.15) is 11.5 Å². The first-order valence-corrected chi connectivity index (χ1v) is 8.66. The van der Waals surface area contributed by atoms with Crippen LogP contribution < -0.4 is 15.4 Å². The molecule has 132 valence electrons. The van der Waals surface area contributed by atoms with Crippen molar-refractivity contribution < 1.29 is 9.53 Å². The molecule has 2 fully saturated rings. The first-order valence-electron chi connectivity index (χ1n) is 8.66. The third kappa shape index (κ3) is 4.33. The van der Waals surface area contributed by atoms with Crippen molar-refractivity contribution in [3.05, 3.63) is 60.2 Å². The molecule has 4 nitrogen and oxygen atoms in total. The molecule has 0 aliphatic carbocycles. The van der Waals surface area contributed by atoms with E-state index >= 15 is 0 Å². The topological polar surface area (TPSA) is 50.4 Å². The van der Waals surface area contributed by atoms with Crippen LogP contribution in [-0.4, -0.2) is 24.0 Å². The van der Waals surface area contributed by atoms with Gasteiger partial charge in [0.15, 0.2) is 0 Å². The second-order valence-corrected chi connectivity index (χ2v) is 6.72. The Hall–Kier alpha value is -2.04. The molecular formula is C20H23ClN2O2. The van der Waals surface area contributed by atoms with E-state index < -0.39 is 0 Å². The summed E-state index contributed by atoms with van der Waals surface area (Å²) in [5, 5.41) is 6.78. The number of ether oxygens (including phenoxy) is 1. The van der Waals surface area contributed by atoms with Gasteiger partial charge in [0, 0.05) is 23.7 Å². The quantitative estimate of drug-likeness (QED) is 0.871. The molecule has 1 amide bonds. The van der Waals surface area contributed by atoms with E-state index in [-0.39, 0.29) is 24.4 Å². The fraction of sp³-hybridized carbons (Fsp3) is 0.350. The normalized spacial score (nSPS) is 24.2. The number of para-hydroxylation sites is 1. The predicted octanol–water partition coefficient (Wildman–Crippen LogP) is 3.91. The fourth-order valence-electron chi connectivity index (χ4n) is 3.74. The smallest absolute Gasteiger partial charge is 0.251 e. The third-order valence-electron chi connectivity index (χ3n) is 4.90. The van der Waals surface area contributed by atoms with Crippen LogP contribution in [0.15, 0.2) is 54.6 Å². The Bertz CT molecular complexity index is 693. The summed E-state index contributed by atoms with van der Waals surface area (Å²) in [5.74, 6) is 1.53. The Morgan fingerprint density at radius 3 is 2.16 bits per heavy atom. The lowest BCUT2D eigenvalue weighted by Crippen LogP contribution is -2.48. The van der Waals surface area contributed by atoms with Gasteiger partial charge in [-0.05, 0) is 62.1 Å². The number of nitrogens with one attached hydrogen (secondary N) is 2. The second-order valence-electron chi connectivity index (χ2n) is 6.72. The fourth-order valence-corrected chi connectivity index (χ4v) is 3.74. The van der Waals surface area contributed by atoms with E-state index in [1.165, 1.54) is 12.8 Å². The summed E-state index contributed by atoms with van der Waals surface area (Å²) in [6, 6.07) is 18.4. The molecule has 25 heavy (non-hydrogen) atoms. The second kappa shape index (κ2) is 7.89. The minimum absolute atomic E-state index is 0. The van der Waals surface area contributed by atoms with E-state index in [0.29, 0.717) is 17.6 Å². The maximum atomic E-state index is 12.4. The van der Waals surface area contributed by atoms with Crippen molar-refractivity contribution in [3.63, 3.8) is 0 Å². The molecule has 2 heterocycles. The minimum Gasteiger partial charge on any atom is -0.457 e. The Kier molecular flexibility index (Phi) is 5.61. The minimum atomic E-state index is 0. The number of rotatable bonds is 4. The molecule has 2 aromatic carbocycles. The zero-order valence-corrected chi connectivity index (χ0v) is 14.8. The van der Waals surface area contributed by atoms with Crippen molar-refractivity contribution in [1.82, 2.24) is 10.6 Å². The summed E-state index contributed by atoms with van der Waals surface area (Å²) in [5.41, 5.74) is 0.682. The summed E-state index contributed by atoms with van der Waals surface area (Å²) < 4.78 is 5.76. The van der Waals surface area contributed by atoms with Gasteiger partial charge in [-0.2, -0.15) is 0 Å². The Morgan fingerprint density at radius 2 is 1.52 bits per heavy atom. The maximum absolute atomic E-state index is 12.4. The van der Waals surface area contributed by atoms with E-state index in [0.717, 1.165) is 24.3 Å². The van der Waals surface area contributed by atoms with Gasteiger partial charge in [-0.15, -0.1) is 12.4 Å². The molecular weight excluding hydrogens is 336 g/mol. The highest BCUT2D eigenvalue weighted by molar-refractivity contribution is 5.94. The lowest BCUT2D eigenvalue weighted by molar-refractivity contribution is 0.0924. The standard InChI is InChI=1S/C20H22N2O2.ClH/c23-20(22-17-12-15-8-9-16(13-17)21-15)14-6-10-19(11-7-14)24-18-4-2-1-3-5-18;/h1-7,10-11,15-17,21H,8-9,12-13H2,(H,22,23);1H. The van der Waals surface area contributed by atoms with E-state index in [2.05, 4.69) is 10.6 Å². The lowest BCUT2D eigenvalue weighted by Gasteiger charge is -2.29. The number of amides is 1. The molecule has 2 bridgehead atoms. The summed E-state index contributed by atoms with van der Waals surface area (Å²) in [4.78, 5) is 12.4. The van der Waals surface area contributed by atoms with Gasteiger partial charge in [0.25, 0.3) is 5.91 Å². The van der Waals surface area contributed by atoms with Crippen molar-refractivity contribution in [2.75, 3.05) is 0 Å². The van der Waals surface area contributed by atoms with Crippen LogP contribution in [0.25, 0.3) is 0 Å². The molecule has 2 aromatic rings. The number of piperidine rings is 1. The number of hydrogen-bond donors (Lipinski definition) is 2. The Labute approximate surface area is 154 Å². The van der Waals surface area contributed by atoms with E-state index in [4.69, 9.17) is 4.74 Å². The van der Waals surface area contributed by atoms with Crippen LogP contribution in [0.2, 0.25) is 0 Å². The van der Waals surface area contributed by atoms with Crippen LogP contribution in [0.3, 0.4) is 0 Å². The lowest BCUT2D eigenvalue weighted by atomic mass is 9.99. The van der Waals surface area contributed by atoms with E-state index in [1.807, 2.05) is 54.6 Å². The van der Waals surface area contributed by atoms with E-state index in [9.17, 15) is 4.79 Å². The first kappa shape index (κ1) is 17.8. The Balaban J connectivity index is 0.00000182. The van der Waals surface area contributed by atoms with Crippen LogP contribution in [0.5, 0.6) is 11.5 Å². The number of carbonyl (C=O) groups is 1. The van der Waals surface area contributed by atoms with Crippen molar-refractivity contribution in [2.45, 2.75) is 43.8 Å². The van der Waals surface area contributed by atoms with Gasteiger partial charge in [0.05, 0.1) is 0 Å². The van der Waals surface area contributed by atoms with Crippen LogP contribution in [0, 0.1) is 0 Å². The number of fused-ring (bicyclic) bond motifs is 2. The SMILES string of the molecule is Cl.O=C(NC1CC2CCC(C1)N2)c1ccc(Oc2ccccc2)cc1. The number of halogens is 1. The molecule has 2 unspecified atom stereocenters. The van der Waals surface area contributed by atoms with Gasteiger partial charge in [-0.1, -0.05) is 18.2 Å².